The maximum absolute atomic E-state index is 13.0. The van der Waals surface area contributed by atoms with Crippen LogP contribution in [0.25, 0.3) is 0 Å². The number of likely N-dealkylation sites (tertiary alicyclic amines) is 1. The summed E-state index contributed by atoms with van der Waals surface area (Å²) >= 11 is 5.90. The van der Waals surface area contributed by atoms with E-state index < -0.39 is 16.1 Å². The Morgan fingerprint density at radius 1 is 1.29 bits per heavy atom. The topological polar surface area (TPSA) is 57.7 Å². The molecule has 1 aliphatic heterocycles. The lowest BCUT2D eigenvalue weighted by molar-refractivity contribution is -0.133. The highest BCUT2D eigenvalue weighted by atomic mass is 35.5. The van der Waals surface area contributed by atoms with Gasteiger partial charge in [0, 0.05) is 18.1 Å². The van der Waals surface area contributed by atoms with Crippen molar-refractivity contribution in [1.29, 1.82) is 0 Å². The summed E-state index contributed by atoms with van der Waals surface area (Å²) in [7, 11) is -3.59. The molecule has 1 saturated heterocycles. The molecule has 1 aliphatic rings. The molecule has 0 bridgehead atoms. The minimum absolute atomic E-state index is 0.121. The molecule has 0 saturated carbocycles. The standard InChI is InChI=1S/C17H25ClN2O3S/c1-4-16(17(21)19-11-9-13(2)10-12-19)20(24(3,22)23)15-7-5-14(18)6-8-15/h5-8,13,16H,4,9-12H2,1-3H3/t16-/m0/s1. The fourth-order valence-corrected chi connectivity index (χ4v) is 4.40. The van der Waals surface area contributed by atoms with E-state index in [2.05, 4.69) is 6.92 Å². The number of anilines is 1. The van der Waals surface area contributed by atoms with Crippen molar-refractivity contribution in [1.82, 2.24) is 4.90 Å². The second kappa shape index (κ2) is 7.74. The molecule has 1 heterocycles. The highest BCUT2D eigenvalue weighted by Crippen LogP contribution is 2.26. The third-order valence-corrected chi connectivity index (χ3v) is 5.92. The van der Waals surface area contributed by atoms with E-state index in [4.69, 9.17) is 11.6 Å². The number of carbonyl (C=O) groups is 1. The summed E-state index contributed by atoms with van der Waals surface area (Å²) in [5, 5.41) is 0.525. The van der Waals surface area contributed by atoms with Gasteiger partial charge in [0.1, 0.15) is 6.04 Å². The van der Waals surface area contributed by atoms with Crippen molar-refractivity contribution in [2.24, 2.45) is 5.92 Å². The van der Waals surface area contributed by atoms with E-state index in [9.17, 15) is 13.2 Å². The van der Waals surface area contributed by atoms with Gasteiger partial charge in [0.25, 0.3) is 0 Å². The molecule has 1 fully saturated rings. The van der Waals surface area contributed by atoms with E-state index in [1.54, 1.807) is 29.2 Å². The molecule has 24 heavy (non-hydrogen) atoms. The van der Waals surface area contributed by atoms with Gasteiger partial charge in [-0.25, -0.2) is 8.42 Å². The molecule has 5 nitrogen and oxygen atoms in total. The third kappa shape index (κ3) is 4.42. The lowest BCUT2D eigenvalue weighted by Gasteiger charge is -2.37. The zero-order chi connectivity index (χ0) is 17.9. The molecule has 1 aromatic rings. The number of hydrogen-bond acceptors (Lipinski definition) is 3. The lowest BCUT2D eigenvalue weighted by Crippen LogP contribution is -2.52. The number of hydrogen-bond donors (Lipinski definition) is 0. The number of carbonyl (C=O) groups excluding carboxylic acids is 1. The van der Waals surface area contributed by atoms with E-state index in [0.717, 1.165) is 19.1 Å². The fourth-order valence-electron chi connectivity index (χ4n) is 3.07. The van der Waals surface area contributed by atoms with Crippen molar-refractivity contribution < 1.29 is 13.2 Å². The molecule has 0 aromatic heterocycles. The number of sulfonamides is 1. The minimum Gasteiger partial charge on any atom is -0.341 e. The van der Waals surface area contributed by atoms with Crippen LogP contribution in [0, 0.1) is 5.92 Å². The molecule has 0 unspecified atom stereocenters. The fraction of sp³-hybridized carbons (Fsp3) is 0.588. The predicted molar refractivity (Wildman–Crippen MR) is 97.8 cm³/mol. The van der Waals surface area contributed by atoms with Crippen molar-refractivity contribution in [2.75, 3.05) is 23.7 Å². The first-order valence-corrected chi connectivity index (χ1v) is 10.5. The van der Waals surface area contributed by atoms with Gasteiger partial charge in [0.15, 0.2) is 0 Å². The Labute approximate surface area is 149 Å². The quantitative estimate of drug-likeness (QED) is 0.797. The highest BCUT2D eigenvalue weighted by Gasteiger charge is 2.35. The Kier molecular flexibility index (Phi) is 6.15. The smallest absolute Gasteiger partial charge is 0.246 e. The van der Waals surface area contributed by atoms with Crippen LogP contribution in [0.15, 0.2) is 24.3 Å². The van der Waals surface area contributed by atoms with Crippen molar-refractivity contribution in [3.63, 3.8) is 0 Å². The van der Waals surface area contributed by atoms with E-state index in [1.165, 1.54) is 4.31 Å². The van der Waals surface area contributed by atoms with E-state index >= 15 is 0 Å². The third-order valence-electron chi connectivity index (χ3n) is 4.49. The van der Waals surface area contributed by atoms with Gasteiger partial charge in [-0.3, -0.25) is 9.10 Å². The van der Waals surface area contributed by atoms with Gasteiger partial charge in [-0.2, -0.15) is 0 Å². The molecule has 0 N–H and O–H groups in total. The molecule has 0 radical (unpaired) electrons. The van der Waals surface area contributed by atoms with Gasteiger partial charge in [0.05, 0.1) is 11.9 Å². The van der Waals surface area contributed by atoms with E-state index in [0.29, 0.717) is 36.1 Å². The van der Waals surface area contributed by atoms with Crippen LogP contribution in [0.1, 0.15) is 33.1 Å². The average Bonchev–Trinajstić information content (AvgIpc) is 2.52. The largest absolute Gasteiger partial charge is 0.341 e. The van der Waals surface area contributed by atoms with Crippen LogP contribution in [-0.4, -0.2) is 44.6 Å². The number of benzene rings is 1. The second-order valence-corrected chi connectivity index (χ2v) is 8.76. The molecular formula is C17H25ClN2O3S. The Morgan fingerprint density at radius 2 is 1.83 bits per heavy atom. The van der Waals surface area contributed by atoms with Crippen molar-refractivity contribution in [2.45, 2.75) is 39.2 Å². The zero-order valence-corrected chi connectivity index (χ0v) is 16.0. The molecule has 134 valence electrons. The summed E-state index contributed by atoms with van der Waals surface area (Å²) < 4.78 is 26.0. The van der Waals surface area contributed by atoms with Crippen LogP contribution < -0.4 is 4.31 Å². The first kappa shape index (κ1) is 19.1. The average molecular weight is 373 g/mol. The molecule has 0 aliphatic carbocycles. The summed E-state index contributed by atoms with van der Waals surface area (Å²) in [5.41, 5.74) is 0.465. The summed E-state index contributed by atoms with van der Waals surface area (Å²) in [6.45, 7) is 5.39. The van der Waals surface area contributed by atoms with Crippen molar-refractivity contribution in [3.05, 3.63) is 29.3 Å². The Balaban J connectivity index is 2.32. The van der Waals surface area contributed by atoms with Crippen molar-refractivity contribution in [3.8, 4) is 0 Å². The van der Waals surface area contributed by atoms with Gasteiger partial charge in [0.2, 0.25) is 15.9 Å². The molecule has 1 amide bonds. The maximum Gasteiger partial charge on any atom is 0.246 e. The van der Waals surface area contributed by atoms with Crippen LogP contribution in [-0.2, 0) is 14.8 Å². The van der Waals surface area contributed by atoms with Gasteiger partial charge in [-0.1, -0.05) is 25.4 Å². The van der Waals surface area contributed by atoms with Crippen LogP contribution >= 0.6 is 11.6 Å². The first-order chi connectivity index (χ1) is 11.2. The first-order valence-electron chi connectivity index (χ1n) is 8.27. The molecule has 7 heteroatoms. The predicted octanol–water partition coefficient (Wildman–Crippen LogP) is 3.14. The van der Waals surface area contributed by atoms with Gasteiger partial charge in [-0.15, -0.1) is 0 Å². The zero-order valence-electron chi connectivity index (χ0n) is 14.4. The number of amides is 1. The van der Waals surface area contributed by atoms with Gasteiger partial charge >= 0.3 is 0 Å². The minimum atomic E-state index is -3.59. The summed E-state index contributed by atoms with van der Waals surface area (Å²) in [4.78, 5) is 14.8. The van der Waals surface area contributed by atoms with E-state index in [1.807, 2.05) is 6.92 Å². The van der Waals surface area contributed by atoms with Gasteiger partial charge < -0.3 is 4.90 Å². The molecule has 2 rings (SSSR count). The summed E-state index contributed by atoms with van der Waals surface area (Å²) in [6, 6.07) is 5.81. The van der Waals surface area contributed by atoms with Crippen molar-refractivity contribution >= 4 is 33.2 Å². The van der Waals surface area contributed by atoms with Crippen LogP contribution in [0.3, 0.4) is 0 Å². The van der Waals surface area contributed by atoms with Crippen LogP contribution in [0.4, 0.5) is 5.69 Å². The monoisotopic (exact) mass is 372 g/mol. The Bertz CT molecular complexity index is 668. The summed E-state index contributed by atoms with van der Waals surface area (Å²) in [6.07, 6.45) is 3.47. The number of rotatable bonds is 5. The molecular weight excluding hydrogens is 348 g/mol. The lowest BCUT2D eigenvalue weighted by atomic mass is 9.98. The molecule has 1 atom stereocenters. The Hall–Kier alpha value is -1.27. The summed E-state index contributed by atoms with van der Waals surface area (Å²) in [5.74, 6) is 0.487. The van der Waals surface area contributed by atoms with Crippen LogP contribution in [0.2, 0.25) is 5.02 Å². The van der Waals surface area contributed by atoms with E-state index in [-0.39, 0.29) is 5.91 Å². The number of piperidine rings is 1. The maximum atomic E-state index is 13.0. The SMILES string of the molecule is CC[C@@H](C(=O)N1CCC(C)CC1)N(c1ccc(Cl)cc1)S(C)(=O)=O. The normalized spacial score (nSPS) is 17.6. The number of nitrogens with zero attached hydrogens (tertiary/aromatic N) is 2. The van der Waals surface area contributed by atoms with Crippen LogP contribution in [0.5, 0.6) is 0 Å². The molecule has 0 spiro atoms. The molecule has 1 aromatic carbocycles. The highest BCUT2D eigenvalue weighted by molar-refractivity contribution is 7.92. The Morgan fingerprint density at radius 3 is 2.29 bits per heavy atom. The second-order valence-electron chi connectivity index (χ2n) is 6.47. The number of halogens is 1. The van der Waals surface area contributed by atoms with Gasteiger partial charge in [-0.05, 0) is 49.4 Å².